The number of methoxy groups -OCH3 is 1. The third kappa shape index (κ3) is 7.11. The lowest BCUT2D eigenvalue weighted by Gasteiger charge is -2.32. The summed E-state index contributed by atoms with van der Waals surface area (Å²) in [5.41, 5.74) is 0. The van der Waals surface area contributed by atoms with E-state index < -0.39 is 0 Å². The highest BCUT2D eigenvalue weighted by Gasteiger charge is 2.30. The predicted molar refractivity (Wildman–Crippen MR) is 105 cm³/mol. The molecule has 1 atom stereocenters. The summed E-state index contributed by atoms with van der Waals surface area (Å²) < 4.78 is 10.5. The van der Waals surface area contributed by atoms with E-state index in [4.69, 9.17) is 9.47 Å². The van der Waals surface area contributed by atoms with Crippen molar-refractivity contribution in [3.05, 3.63) is 0 Å². The number of nitrogens with one attached hydrogen (secondary N) is 1. The molecule has 0 radical (unpaired) electrons. The third-order valence-electron chi connectivity index (χ3n) is 4.55. The second kappa shape index (κ2) is 12.3. The molecule has 0 bridgehead atoms. The van der Waals surface area contributed by atoms with E-state index in [2.05, 4.69) is 20.1 Å². The van der Waals surface area contributed by atoms with Crippen molar-refractivity contribution in [1.82, 2.24) is 15.1 Å². The number of rotatable bonds is 7. The zero-order chi connectivity index (χ0) is 15.6. The average Bonchev–Trinajstić information content (AvgIpc) is 3.05. The smallest absolute Gasteiger partial charge is 0.193 e. The van der Waals surface area contributed by atoms with Crippen LogP contribution in [0.15, 0.2) is 4.99 Å². The molecule has 0 amide bonds. The molecular weight excluding hydrogens is 407 g/mol. The molecule has 6 nitrogen and oxygen atoms in total. The van der Waals surface area contributed by atoms with Gasteiger partial charge in [-0.05, 0) is 25.7 Å². The maximum absolute atomic E-state index is 5.45. The van der Waals surface area contributed by atoms with Gasteiger partial charge in [-0.15, -0.1) is 24.0 Å². The summed E-state index contributed by atoms with van der Waals surface area (Å²) in [7, 11) is 3.65. The van der Waals surface area contributed by atoms with E-state index >= 15 is 0 Å². The Labute approximate surface area is 158 Å². The van der Waals surface area contributed by atoms with Gasteiger partial charge in [0.25, 0.3) is 0 Å². The maximum atomic E-state index is 5.45. The van der Waals surface area contributed by atoms with E-state index in [1.165, 1.54) is 19.3 Å². The van der Waals surface area contributed by atoms with Crippen molar-refractivity contribution in [2.45, 2.75) is 31.7 Å². The van der Waals surface area contributed by atoms with Crippen LogP contribution in [0.25, 0.3) is 0 Å². The molecule has 0 aromatic heterocycles. The number of morpholine rings is 1. The Morgan fingerprint density at radius 3 is 2.70 bits per heavy atom. The van der Waals surface area contributed by atoms with Crippen molar-refractivity contribution in [3.8, 4) is 0 Å². The summed E-state index contributed by atoms with van der Waals surface area (Å²) in [6.45, 7) is 7.95. The van der Waals surface area contributed by atoms with Crippen LogP contribution in [0, 0.1) is 0 Å². The van der Waals surface area contributed by atoms with Gasteiger partial charge in [-0.2, -0.15) is 0 Å². The van der Waals surface area contributed by atoms with Crippen LogP contribution in [-0.2, 0) is 9.47 Å². The van der Waals surface area contributed by atoms with Crippen LogP contribution in [0.5, 0.6) is 0 Å². The number of halogens is 1. The third-order valence-corrected chi connectivity index (χ3v) is 4.55. The molecule has 23 heavy (non-hydrogen) atoms. The molecule has 0 aromatic rings. The fourth-order valence-electron chi connectivity index (χ4n) is 3.26. The molecule has 2 saturated heterocycles. The van der Waals surface area contributed by atoms with Crippen molar-refractivity contribution in [1.29, 1.82) is 0 Å². The van der Waals surface area contributed by atoms with Crippen molar-refractivity contribution < 1.29 is 9.47 Å². The predicted octanol–water partition coefficient (Wildman–Crippen LogP) is 1.40. The lowest BCUT2D eigenvalue weighted by atomic mass is 10.2. The molecule has 2 aliphatic heterocycles. The molecule has 136 valence electrons. The Morgan fingerprint density at radius 1 is 1.22 bits per heavy atom. The summed E-state index contributed by atoms with van der Waals surface area (Å²) in [4.78, 5) is 9.42. The summed E-state index contributed by atoms with van der Waals surface area (Å²) in [6, 6.07) is 0.657. The van der Waals surface area contributed by atoms with Gasteiger partial charge in [-0.25, -0.2) is 0 Å². The Kier molecular flexibility index (Phi) is 11.2. The van der Waals surface area contributed by atoms with Crippen LogP contribution in [0.1, 0.15) is 25.7 Å². The van der Waals surface area contributed by atoms with Crippen LogP contribution < -0.4 is 5.32 Å². The molecule has 1 unspecified atom stereocenters. The first-order valence-corrected chi connectivity index (χ1v) is 8.61. The highest BCUT2D eigenvalue weighted by atomic mass is 127. The van der Waals surface area contributed by atoms with Crippen LogP contribution in [0.2, 0.25) is 0 Å². The fourth-order valence-corrected chi connectivity index (χ4v) is 3.26. The summed E-state index contributed by atoms with van der Waals surface area (Å²) in [5, 5.41) is 3.50. The largest absolute Gasteiger partial charge is 0.385 e. The first-order valence-electron chi connectivity index (χ1n) is 8.61. The molecule has 2 fully saturated rings. The van der Waals surface area contributed by atoms with E-state index in [9.17, 15) is 0 Å². The quantitative estimate of drug-likeness (QED) is 0.281. The number of likely N-dealkylation sites (tertiary alicyclic amines) is 1. The second-order valence-corrected chi connectivity index (χ2v) is 6.06. The Balaban J connectivity index is 0.00000264. The summed E-state index contributed by atoms with van der Waals surface area (Å²) >= 11 is 0. The lowest BCUT2D eigenvalue weighted by Crippen LogP contribution is -2.46. The van der Waals surface area contributed by atoms with Crippen LogP contribution >= 0.6 is 24.0 Å². The SMILES string of the molecule is CN=C(NCCCCCOC)N1CCC(N2CCOCC2)C1.I. The maximum Gasteiger partial charge on any atom is 0.193 e. The number of unbranched alkanes of at least 4 members (excludes halogenated alkanes) is 2. The number of nitrogens with zero attached hydrogens (tertiary/aromatic N) is 3. The standard InChI is InChI=1S/C16H32N4O2.HI/c1-17-16(18-7-4-3-5-11-21-2)20-8-6-15(14-20)19-9-12-22-13-10-19;/h15H,3-14H2,1-2H3,(H,17,18);1H. The zero-order valence-corrected chi connectivity index (χ0v) is 17.0. The number of hydrogen-bond acceptors (Lipinski definition) is 4. The van der Waals surface area contributed by atoms with Gasteiger partial charge >= 0.3 is 0 Å². The highest BCUT2D eigenvalue weighted by Crippen LogP contribution is 2.17. The van der Waals surface area contributed by atoms with Crippen LogP contribution in [0.3, 0.4) is 0 Å². The molecule has 2 rings (SSSR count). The molecule has 2 heterocycles. The van der Waals surface area contributed by atoms with Gasteiger partial charge in [0.1, 0.15) is 0 Å². The molecule has 0 aromatic carbocycles. The van der Waals surface area contributed by atoms with Gasteiger partial charge in [-0.1, -0.05) is 0 Å². The molecular formula is C16H33IN4O2. The van der Waals surface area contributed by atoms with Gasteiger partial charge in [0.05, 0.1) is 13.2 Å². The number of guanidine groups is 1. The van der Waals surface area contributed by atoms with Crippen molar-refractivity contribution in [2.24, 2.45) is 4.99 Å². The molecule has 2 aliphatic rings. The Bertz CT molecular complexity index is 338. The summed E-state index contributed by atoms with van der Waals surface area (Å²) in [6.07, 6.45) is 4.74. The fraction of sp³-hybridized carbons (Fsp3) is 0.938. The van der Waals surface area contributed by atoms with Crippen LogP contribution in [0.4, 0.5) is 0 Å². The number of aliphatic imine (C=N–C) groups is 1. The first kappa shape index (κ1) is 20.9. The van der Waals surface area contributed by atoms with E-state index in [1.807, 2.05) is 7.05 Å². The minimum absolute atomic E-state index is 0. The Morgan fingerprint density at radius 2 is 2.00 bits per heavy atom. The van der Waals surface area contributed by atoms with Gasteiger partial charge in [0, 0.05) is 59.5 Å². The van der Waals surface area contributed by atoms with E-state index in [-0.39, 0.29) is 24.0 Å². The molecule has 0 spiro atoms. The van der Waals surface area contributed by atoms with E-state index in [0.29, 0.717) is 6.04 Å². The molecule has 7 heteroatoms. The summed E-state index contributed by atoms with van der Waals surface area (Å²) in [5.74, 6) is 1.06. The zero-order valence-electron chi connectivity index (χ0n) is 14.6. The highest BCUT2D eigenvalue weighted by molar-refractivity contribution is 14.0. The monoisotopic (exact) mass is 440 g/mol. The average molecular weight is 440 g/mol. The topological polar surface area (TPSA) is 49.3 Å². The molecule has 0 aliphatic carbocycles. The minimum atomic E-state index is 0. The lowest BCUT2D eigenvalue weighted by molar-refractivity contribution is 0.0195. The van der Waals surface area contributed by atoms with Crippen molar-refractivity contribution >= 4 is 29.9 Å². The van der Waals surface area contributed by atoms with Gasteiger partial charge in [-0.3, -0.25) is 9.89 Å². The number of hydrogen-bond donors (Lipinski definition) is 1. The first-order chi connectivity index (χ1) is 10.8. The van der Waals surface area contributed by atoms with E-state index in [1.54, 1.807) is 7.11 Å². The Hall–Kier alpha value is -0.120. The second-order valence-electron chi connectivity index (χ2n) is 6.06. The van der Waals surface area contributed by atoms with Gasteiger partial charge in [0.2, 0.25) is 0 Å². The molecule has 1 N–H and O–H groups in total. The van der Waals surface area contributed by atoms with Crippen molar-refractivity contribution in [2.75, 3.05) is 66.7 Å². The van der Waals surface area contributed by atoms with Gasteiger partial charge in [0.15, 0.2) is 5.96 Å². The van der Waals surface area contributed by atoms with Gasteiger partial charge < -0.3 is 19.7 Å². The minimum Gasteiger partial charge on any atom is -0.385 e. The molecule has 0 saturated carbocycles. The number of ether oxygens (including phenoxy) is 2. The van der Waals surface area contributed by atoms with Crippen molar-refractivity contribution in [3.63, 3.8) is 0 Å². The normalized spacial score (nSPS) is 23.0. The van der Waals surface area contributed by atoms with E-state index in [0.717, 1.165) is 64.9 Å². The van der Waals surface area contributed by atoms with Crippen LogP contribution in [-0.4, -0.2) is 88.5 Å².